The summed E-state index contributed by atoms with van der Waals surface area (Å²) in [6, 6.07) is 5.85. The van der Waals surface area contributed by atoms with Crippen LogP contribution >= 0.6 is 21.5 Å². The van der Waals surface area contributed by atoms with Crippen LogP contribution in [0.1, 0.15) is 0 Å². The first-order valence-corrected chi connectivity index (χ1v) is 6.74. The minimum Gasteiger partial charge on any atom is -1.00 e. The van der Waals surface area contributed by atoms with Crippen molar-refractivity contribution in [2.45, 2.75) is 0 Å². The molecule has 2 rings (SSSR count). The van der Waals surface area contributed by atoms with Crippen LogP contribution in [0, 0.1) is 0 Å². The molecule has 0 unspecified atom stereocenters. The van der Waals surface area contributed by atoms with Crippen molar-refractivity contribution in [2.75, 3.05) is 0 Å². The van der Waals surface area contributed by atoms with Gasteiger partial charge in [0.25, 0.3) is 0 Å². The maximum atomic E-state index is 5.78. The Hall–Kier alpha value is 0.339. The Morgan fingerprint density at radius 3 is 3.09 bits per heavy atom. The minimum absolute atomic E-state index is 0. The first-order valence-electron chi connectivity index (χ1n) is 2.70. The second kappa shape index (κ2) is 3.83. The zero-order valence-corrected chi connectivity index (χ0v) is 9.29. The molecular formula is C6H3Cl2NSSe. The van der Waals surface area contributed by atoms with Gasteiger partial charge in [-0.2, -0.15) is 0 Å². The SMILES string of the molecule is Clc1ccc2n[s+][se]c2c1.[Cl-]. The summed E-state index contributed by atoms with van der Waals surface area (Å²) < 4.78 is 5.54. The fraction of sp³-hybridized carbons (Fsp3) is 0. The van der Waals surface area contributed by atoms with E-state index in [0.717, 1.165) is 10.5 Å². The van der Waals surface area contributed by atoms with Crippen molar-refractivity contribution < 1.29 is 12.4 Å². The number of nitrogens with zero attached hydrogens (tertiary/aromatic N) is 1. The Bertz CT molecular complexity index is 362. The Kier molecular flexibility index (Phi) is 3.28. The summed E-state index contributed by atoms with van der Waals surface area (Å²) in [6.45, 7) is 0. The Morgan fingerprint density at radius 1 is 1.45 bits per heavy atom. The summed E-state index contributed by atoms with van der Waals surface area (Å²) in [5.41, 5.74) is 1.11. The molecule has 0 aliphatic heterocycles. The molecule has 11 heavy (non-hydrogen) atoms. The van der Waals surface area contributed by atoms with E-state index >= 15 is 0 Å². The van der Waals surface area contributed by atoms with Crippen molar-refractivity contribution in [3.8, 4) is 0 Å². The molecule has 2 aromatic rings. The second-order valence-electron chi connectivity index (χ2n) is 1.86. The second-order valence-corrected chi connectivity index (χ2v) is 5.71. The van der Waals surface area contributed by atoms with E-state index < -0.39 is 0 Å². The van der Waals surface area contributed by atoms with Gasteiger partial charge in [-0.25, -0.2) is 0 Å². The van der Waals surface area contributed by atoms with Crippen molar-refractivity contribution in [2.24, 2.45) is 0 Å². The standard InChI is InChI=1S/C6H3ClNSSe.ClH/c7-4-1-2-5-6(3-4)10-9-8-5;/h1-3H;1H/q+1;/p-1. The van der Waals surface area contributed by atoms with Crippen molar-refractivity contribution in [3.05, 3.63) is 23.2 Å². The van der Waals surface area contributed by atoms with Crippen LogP contribution in [-0.2, 0) is 0 Å². The molecule has 5 heteroatoms. The molecule has 0 radical (unpaired) electrons. The van der Waals surface area contributed by atoms with E-state index in [2.05, 4.69) is 4.37 Å². The third-order valence-corrected chi connectivity index (χ3v) is 4.70. The third-order valence-electron chi connectivity index (χ3n) is 1.18. The molecule has 0 aliphatic rings. The molecule has 1 nitrogen and oxygen atoms in total. The summed E-state index contributed by atoms with van der Waals surface area (Å²) in [4.78, 5) is 0. The van der Waals surface area contributed by atoms with Gasteiger partial charge in [0.15, 0.2) is 0 Å². The molecule has 58 valence electrons. The van der Waals surface area contributed by atoms with Gasteiger partial charge in [0.05, 0.1) is 0 Å². The predicted molar refractivity (Wildman–Crippen MR) is 46.0 cm³/mol. The molecule has 1 aromatic heterocycles. The van der Waals surface area contributed by atoms with Crippen molar-refractivity contribution in [1.29, 1.82) is 0 Å². The largest absolute Gasteiger partial charge is 1.00 e. The van der Waals surface area contributed by atoms with Gasteiger partial charge in [-0.05, 0) is 0 Å². The van der Waals surface area contributed by atoms with Gasteiger partial charge >= 0.3 is 72.2 Å². The van der Waals surface area contributed by atoms with Gasteiger partial charge in [0.1, 0.15) is 0 Å². The molecule has 0 atom stereocenters. The minimum atomic E-state index is 0. The van der Waals surface area contributed by atoms with E-state index in [-0.39, 0.29) is 12.4 Å². The van der Waals surface area contributed by atoms with Crippen LogP contribution in [0.2, 0.25) is 5.02 Å². The summed E-state index contributed by atoms with van der Waals surface area (Å²) in [5.74, 6) is 0. The topological polar surface area (TPSA) is 12.9 Å². The Balaban J connectivity index is 0.000000605. The van der Waals surface area contributed by atoms with Gasteiger partial charge in [-0.1, -0.05) is 0 Å². The van der Waals surface area contributed by atoms with Gasteiger partial charge in [0.2, 0.25) is 0 Å². The monoisotopic (exact) mass is 271 g/mol. The molecule has 0 saturated carbocycles. The quantitative estimate of drug-likeness (QED) is 0.456. The molecule has 0 N–H and O–H groups in total. The average molecular weight is 271 g/mol. The molecule has 0 fully saturated rings. The van der Waals surface area contributed by atoms with E-state index in [1.165, 1.54) is 4.26 Å². The first-order chi connectivity index (χ1) is 4.86. The molecule has 0 spiro atoms. The molecule has 1 aromatic carbocycles. The van der Waals surface area contributed by atoms with E-state index in [9.17, 15) is 0 Å². The Morgan fingerprint density at radius 2 is 2.27 bits per heavy atom. The fourth-order valence-corrected chi connectivity index (χ4v) is 4.26. The predicted octanol–water partition coefficient (Wildman–Crippen LogP) is -0.708. The summed E-state index contributed by atoms with van der Waals surface area (Å²) in [6.07, 6.45) is 0. The van der Waals surface area contributed by atoms with Crippen molar-refractivity contribution in [3.63, 3.8) is 0 Å². The van der Waals surface area contributed by atoms with Gasteiger partial charge in [-0.3, -0.25) is 0 Å². The number of rotatable bonds is 0. The van der Waals surface area contributed by atoms with Crippen LogP contribution in [0.25, 0.3) is 9.78 Å². The fourth-order valence-electron chi connectivity index (χ4n) is 0.729. The van der Waals surface area contributed by atoms with Gasteiger partial charge in [0, 0.05) is 0 Å². The number of aromatic nitrogens is 1. The van der Waals surface area contributed by atoms with Crippen LogP contribution in [0.4, 0.5) is 0 Å². The van der Waals surface area contributed by atoms with E-state index in [4.69, 9.17) is 11.6 Å². The number of hydrogen-bond acceptors (Lipinski definition) is 1. The number of benzene rings is 1. The average Bonchev–Trinajstić information content (AvgIpc) is 2.33. The summed E-state index contributed by atoms with van der Waals surface area (Å²) in [5, 5.41) is 0.818. The number of halogens is 2. The van der Waals surface area contributed by atoms with E-state index in [1.54, 1.807) is 9.91 Å². The molecular weight excluding hydrogens is 268 g/mol. The number of fused-ring (bicyclic) bond motifs is 1. The van der Waals surface area contributed by atoms with Gasteiger partial charge < -0.3 is 12.4 Å². The molecule has 0 amide bonds. The maximum Gasteiger partial charge on any atom is -1.00 e. The van der Waals surface area contributed by atoms with E-state index in [0.29, 0.717) is 13.3 Å². The molecule has 0 aliphatic carbocycles. The smallest absolute Gasteiger partial charge is 1.00 e. The summed E-state index contributed by atoms with van der Waals surface area (Å²) in [7, 11) is 1.64. The van der Waals surface area contributed by atoms with E-state index in [1.807, 2.05) is 18.2 Å². The first kappa shape index (κ1) is 9.43. The third kappa shape index (κ3) is 1.92. The van der Waals surface area contributed by atoms with Crippen LogP contribution < -0.4 is 12.4 Å². The molecule has 0 saturated heterocycles. The zero-order valence-electron chi connectivity index (χ0n) is 5.25. The van der Waals surface area contributed by atoms with Crippen LogP contribution in [0.5, 0.6) is 0 Å². The zero-order chi connectivity index (χ0) is 6.97. The number of hydrogen-bond donors (Lipinski definition) is 0. The molecule has 1 heterocycles. The van der Waals surface area contributed by atoms with Crippen molar-refractivity contribution >= 4 is 44.6 Å². The normalized spacial score (nSPS) is 9.55. The van der Waals surface area contributed by atoms with Crippen molar-refractivity contribution in [1.82, 2.24) is 4.37 Å². The Labute approximate surface area is 84.4 Å². The maximum absolute atomic E-state index is 5.78. The summed E-state index contributed by atoms with van der Waals surface area (Å²) >= 11 is 6.24. The van der Waals surface area contributed by atoms with Crippen LogP contribution in [-0.4, -0.2) is 17.7 Å². The molecule has 0 bridgehead atoms. The van der Waals surface area contributed by atoms with Crippen LogP contribution in [0.15, 0.2) is 18.2 Å². The van der Waals surface area contributed by atoms with Gasteiger partial charge in [-0.15, -0.1) is 0 Å². The van der Waals surface area contributed by atoms with Crippen LogP contribution in [0.3, 0.4) is 0 Å².